The van der Waals surface area contributed by atoms with Crippen molar-refractivity contribution in [2.75, 3.05) is 34.2 Å². The maximum absolute atomic E-state index is 10.6. The summed E-state index contributed by atoms with van der Waals surface area (Å²) in [5.74, 6) is 0.663. The smallest absolute Gasteiger partial charge is 0.191 e. The van der Waals surface area contributed by atoms with E-state index in [4.69, 9.17) is 0 Å². The number of nitrogens with one attached hydrogen (secondary N) is 2. The third kappa shape index (κ3) is 4.89. The highest BCUT2D eigenvalue weighted by Crippen LogP contribution is 2.29. The van der Waals surface area contributed by atoms with Crippen LogP contribution in [0, 0.1) is 0 Å². The number of aromatic nitrogens is 2. The van der Waals surface area contributed by atoms with Gasteiger partial charge in [-0.15, -0.1) is 11.3 Å². The maximum atomic E-state index is 10.6. The number of likely N-dealkylation sites (N-methyl/N-ethyl adjacent to an activating group) is 1. The average molecular weight is 401 g/mol. The quantitative estimate of drug-likeness (QED) is 0.418. The molecule has 2 heterocycles. The van der Waals surface area contributed by atoms with Crippen LogP contribution in [0.1, 0.15) is 22.6 Å². The standard InChI is InChI=1S/C20H28N6OS/c1-21-20(22-11-16(25(2)3)15-10-24-26(4)13-15)23-12-17(27)19-9-14-7-5-6-8-18(14)28-19/h5-10,13,16-17,27H,11-12H2,1-4H3,(H2,21,22,23). The van der Waals surface area contributed by atoms with Crippen LogP contribution in [0.3, 0.4) is 0 Å². The Morgan fingerprint density at radius 1 is 1.29 bits per heavy atom. The Labute approximate surface area is 169 Å². The molecule has 3 N–H and O–H groups in total. The van der Waals surface area contributed by atoms with E-state index in [9.17, 15) is 5.11 Å². The van der Waals surface area contributed by atoms with Crippen LogP contribution < -0.4 is 10.6 Å². The lowest BCUT2D eigenvalue weighted by Gasteiger charge is -2.25. The first kappa shape index (κ1) is 20.3. The van der Waals surface area contributed by atoms with E-state index in [-0.39, 0.29) is 6.04 Å². The van der Waals surface area contributed by atoms with E-state index in [1.165, 1.54) is 4.70 Å². The SMILES string of the molecule is CN=C(NCC(O)c1cc2ccccc2s1)NCC(c1cnn(C)c1)N(C)C. The first-order valence-corrected chi connectivity index (χ1v) is 10.1. The Hall–Kier alpha value is -2.42. The highest BCUT2D eigenvalue weighted by Gasteiger charge is 2.17. The molecule has 0 saturated carbocycles. The van der Waals surface area contributed by atoms with Gasteiger partial charge in [0.2, 0.25) is 0 Å². The van der Waals surface area contributed by atoms with Crippen molar-refractivity contribution in [1.82, 2.24) is 25.3 Å². The summed E-state index contributed by atoms with van der Waals surface area (Å²) in [6.45, 7) is 1.07. The molecule has 0 fully saturated rings. The summed E-state index contributed by atoms with van der Waals surface area (Å²) >= 11 is 1.62. The Kier molecular flexibility index (Phi) is 6.66. The van der Waals surface area contributed by atoms with Gasteiger partial charge < -0.3 is 20.6 Å². The van der Waals surface area contributed by atoms with Crippen molar-refractivity contribution in [3.8, 4) is 0 Å². The highest BCUT2D eigenvalue weighted by atomic mass is 32.1. The van der Waals surface area contributed by atoms with Crippen molar-refractivity contribution in [3.63, 3.8) is 0 Å². The largest absolute Gasteiger partial charge is 0.386 e. The number of aryl methyl sites for hydroxylation is 1. The number of rotatable bonds is 7. The van der Waals surface area contributed by atoms with E-state index in [0.717, 1.165) is 15.8 Å². The molecule has 0 radical (unpaired) electrons. The number of fused-ring (bicyclic) bond motifs is 1. The van der Waals surface area contributed by atoms with Crippen molar-refractivity contribution in [1.29, 1.82) is 0 Å². The first-order valence-electron chi connectivity index (χ1n) is 9.24. The van der Waals surface area contributed by atoms with Gasteiger partial charge in [0.25, 0.3) is 0 Å². The average Bonchev–Trinajstić information content (AvgIpc) is 3.30. The molecule has 3 rings (SSSR count). The molecule has 0 aliphatic rings. The number of nitrogens with zero attached hydrogens (tertiary/aromatic N) is 4. The summed E-state index contributed by atoms with van der Waals surface area (Å²) in [7, 11) is 7.73. The minimum atomic E-state index is -0.584. The van der Waals surface area contributed by atoms with Gasteiger partial charge in [-0.25, -0.2) is 0 Å². The third-order valence-corrected chi connectivity index (χ3v) is 5.87. The molecule has 0 amide bonds. The van der Waals surface area contributed by atoms with Crippen LogP contribution in [0.25, 0.3) is 10.1 Å². The fourth-order valence-corrected chi connectivity index (χ4v) is 4.14. The fraction of sp³-hybridized carbons (Fsp3) is 0.400. The summed E-state index contributed by atoms with van der Waals surface area (Å²) < 4.78 is 2.99. The van der Waals surface area contributed by atoms with Gasteiger partial charge in [0.05, 0.1) is 12.2 Å². The van der Waals surface area contributed by atoms with Gasteiger partial charge in [-0.2, -0.15) is 5.10 Å². The highest BCUT2D eigenvalue weighted by molar-refractivity contribution is 7.19. The van der Waals surface area contributed by atoms with Crippen LogP contribution in [-0.2, 0) is 7.05 Å². The molecule has 2 atom stereocenters. The molecule has 28 heavy (non-hydrogen) atoms. The molecule has 8 heteroatoms. The van der Waals surface area contributed by atoms with Crippen LogP contribution in [0.15, 0.2) is 47.7 Å². The van der Waals surface area contributed by atoms with E-state index in [1.807, 2.05) is 51.7 Å². The van der Waals surface area contributed by atoms with Crippen molar-refractivity contribution in [2.45, 2.75) is 12.1 Å². The molecular weight excluding hydrogens is 372 g/mol. The van der Waals surface area contributed by atoms with E-state index >= 15 is 0 Å². The molecule has 2 unspecified atom stereocenters. The van der Waals surface area contributed by atoms with E-state index in [1.54, 1.807) is 23.1 Å². The normalized spacial score (nSPS) is 14.4. The fourth-order valence-electron chi connectivity index (χ4n) is 3.09. The zero-order chi connectivity index (χ0) is 20.1. The van der Waals surface area contributed by atoms with Gasteiger partial charge in [-0.05, 0) is 31.6 Å². The second-order valence-electron chi connectivity index (χ2n) is 6.96. The molecule has 2 aromatic heterocycles. The van der Waals surface area contributed by atoms with Gasteiger partial charge in [-0.1, -0.05) is 18.2 Å². The molecule has 0 bridgehead atoms. The van der Waals surface area contributed by atoms with Crippen molar-refractivity contribution >= 4 is 27.4 Å². The van der Waals surface area contributed by atoms with Gasteiger partial charge in [0.15, 0.2) is 5.96 Å². The Morgan fingerprint density at radius 2 is 2.04 bits per heavy atom. The topological polar surface area (TPSA) is 77.7 Å². The number of hydrogen-bond donors (Lipinski definition) is 3. The van der Waals surface area contributed by atoms with E-state index < -0.39 is 6.10 Å². The number of aliphatic hydroxyl groups is 1. The summed E-state index contributed by atoms with van der Waals surface area (Å²) in [4.78, 5) is 7.37. The number of benzene rings is 1. The van der Waals surface area contributed by atoms with Crippen LogP contribution in [0.4, 0.5) is 0 Å². The molecule has 0 saturated heterocycles. The maximum Gasteiger partial charge on any atom is 0.191 e. The van der Waals surface area contributed by atoms with E-state index in [0.29, 0.717) is 19.0 Å². The predicted octanol–water partition coefficient (Wildman–Crippen LogP) is 2.14. The Bertz CT molecular complexity index is 899. The van der Waals surface area contributed by atoms with Crippen LogP contribution in [-0.4, -0.2) is 60.0 Å². The Balaban J connectivity index is 1.56. The second-order valence-corrected chi connectivity index (χ2v) is 8.08. The van der Waals surface area contributed by atoms with Gasteiger partial charge >= 0.3 is 0 Å². The zero-order valence-electron chi connectivity index (χ0n) is 16.8. The van der Waals surface area contributed by atoms with Crippen molar-refractivity contribution in [3.05, 3.63) is 53.2 Å². The first-order chi connectivity index (χ1) is 13.5. The number of aliphatic imine (C=N–C) groups is 1. The second kappa shape index (κ2) is 9.18. The van der Waals surface area contributed by atoms with Gasteiger partial charge in [0, 0.05) is 48.5 Å². The van der Waals surface area contributed by atoms with Gasteiger partial charge in [-0.3, -0.25) is 9.67 Å². The number of guanidine groups is 1. The molecule has 0 spiro atoms. The molecule has 0 aliphatic carbocycles. The summed E-state index contributed by atoms with van der Waals surface area (Å²) in [6.07, 6.45) is 3.32. The van der Waals surface area contributed by atoms with Crippen LogP contribution >= 0.6 is 11.3 Å². The van der Waals surface area contributed by atoms with Crippen molar-refractivity contribution in [2.24, 2.45) is 12.0 Å². The molecule has 7 nitrogen and oxygen atoms in total. The zero-order valence-corrected chi connectivity index (χ0v) is 17.6. The third-order valence-electron chi connectivity index (χ3n) is 4.66. The summed E-state index contributed by atoms with van der Waals surface area (Å²) in [6, 6.07) is 10.4. The Morgan fingerprint density at radius 3 is 2.68 bits per heavy atom. The van der Waals surface area contributed by atoms with E-state index in [2.05, 4.69) is 37.8 Å². The predicted molar refractivity (Wildman–Crippen MR) is 116 cm³/mol. The molecule has 150 valence electrons. The molecule has 1 aromatic carbocycles. The summed E-state index contributed by atoms with van der Waals surface area (Å²) in [5.41, 5.74) is 1.14. The number of hydrogen-bond acceptors (Lipinski definition) is 5. The lowest BCUT2D eigenvalue weighted by Crippen LogP contribution is -2.43. The van der Waals surface area contributed by atoms with Gasteiger partial charge in [0.1, 0.15) is 6.10 Å². The monoisotopic (exact) mass is 400 g/mol. The molecule has 3 aromatic rings. The number of aliphatic hydroxyl groups excluding tert-OH is 1. The summed E-state index contributed by atoms with van der Waals surface area (Å²) in [5, 5.41) is 22.5. The van der Waals surface area contributed by atoms with Crippen molar-refractivity contribution < 1.29 is 5.11 Å². The number of thiophene rings is 1. The lowest BCUT2D eigenvalue weighted by atomic mass is 10.1. The minimum absolute atomic E-state index is 0.166. The molecule has 0 aliphatic heterocycles. The lowest BCUT2D eigenvalue weighted by molar-refractivity contribution is 0.184. The van der Waals surface area contributed by atoms with Crippen LogP contribution in [0.5, 0.6) is 0 Å². The van der Waals surface area contributed by atoms with Crippen LogP contribution in [0.2, 0.25) is 0 Å². The minimum Gasteiger partial charge on any atom is -0.386 e. The molecular formula is C20H28N6OS.